The van der Waals surface area contributed by atoms with E-state index >= 15 is 0 Å². The van der Waals surface area contributed by atoms with Crippen molar-refractivity contribution < 1.29 is 0 Å². The number of halogens is 1. The van der Waals surface area contributed by atoms with Gasteiger partial charge in [-0.3, -0.25) is 0 Å². The van der Waals surface area contributed by atoms with Crippen molar-refractivity contribution in [3.63, 3.8) is 0 Å². The summed E-state index contributed by atoms with van der Waals surface area (Å²) in [7, 11) is 0. The van der Waals surface area contributed by atoms with E-state index in [1.165, 1.54) is 22.3 Å². The molecule has 0 heterocycles. The van der Waals surface area contributed by atoms with Gasteiger partial charge in [0.25, 0.3) is 0 Å². The summed E-state index contributed by atoms with van der Waals surface area (Å²) in [5, 5.41) is 3.67. The SMILES string of the molecule is Brc1ccccc1NC1c2ccccc2-c2ccccc21. The Morgan fingerprint density at radius 3 is 1.81 bits per heavy atom. The van der Waals surface area contributed by atoms with E-state index in [2.05, 4.69) is 88.0 Å². The van der Waals surface area contributed by atoms with E-state index in [9.17, 15) is 0 Å². The average molecular weight is 336 g/mol. The molecule has 1 aliphatic rings. The second-order valence-electron chi connectivity index (χ2n) is 5.23. The van der Waals surface area contributed by atoms with Crippen LogP contribution in [0.25, 0.3) is 11.1 Å². The maximum Gasteiger partial charge on any atom is 0.0779 e. The maximum absolute atomic E-state index is 3.67. The first kappa shape index (κ1) is 12.7. The normalized spacial score (nSPS) is 12.8. The van der Waals surface area contributed by atoms with Crippen LogP contribution in [0.4, 0.5) is 5.69 Å². The van der Waals surface area contributed by atoms with Crippen molar-refractivity contribution in [2.45, 2.75) is 6.04 Å². The molecule has 0 radical (unpaired) electrons. The molecule has 102 valence electrons. The van der Waals surface area contributed by atoms with Crippen LogP contribution in [-0.4, -0.2) is 0 Å². The molecule has 0 saturated carbocycles. The number of para-hydroxylation sites is 1. The first-order chi connectivity index (χ1) is 10.3. The third-order valence-corrected chi connectivity index (χ3v) is 4.70. The molecule has 0 amide bonds. The molecule has 0 bridgehead atoms. The maximum atomic E-state index is 3.67. The molecule has 3 aromatic carbocycles. The quantitative estimate of drug-likeness (QED) is 0.639. The zero-order valence-electron chi connectivity index (χ0n) is 11.4. The van der Waals surface area contributed by atoms with Crippen molar-refractivity contribution in [3.8, 4) is 11.1 Å². The lowest BCUT2D eigenvalue weighted by molar-refractivity contribution is 0.972. The molecule has 1 N–H and O–H groups in total. The van der Waals surface area contributed by atoms with E-state index in [-0.39, 0.29) is 6.04 Å². The Hall–Kier alpha value is -2.06. The molecule has 0 saturated heterocycles. The standard InChI is InChI=1S/C19H14BrN/c20-17-11-5-6-12-18(17)21-19-15-9-3-1-7-13(15)14-8-2-4-10-16(14)19/h1-12,19,21H. The Morgan fingerprint density at radius 2 is 1.19 bits per heavy atom. The monoisotopic (exact) mass is 335 g/mol. The first-order valence-electron chi connectivity index (χ1n) is 7.04. The van der Waals surface area contributed by atoms with Crippen LogP contribution in [0.1, 0.15) is 17.2 Å². The lowest BCUT2D eigenvalue weighted by Gasteiger charge is -2.18. The van der Waals surface area contributed by atoms with Crippen LogP contribution >= 0.6 is 15.9 Å². The highest BCUT2D eigenvalue weighted by molar-refractivity contribution is 9.10. The summed E-state index contributed by atoms with van der Waals surface area (Å²) in [6, 6.07) is 25.7. The van der Waals surface area contributed by atoms with E-state index in [1.54, 1.807) is 0 Å². The molecule has 3 aromatic rings. The number of benzene rings is 3. The molecule has 0 fully saturated rings. The van der Waals surface area contributed by atoms with Crippen molar-refractivity contribution in [1.82, 2.24) is 0 Å². The van der Waals surface area contributed by atoms with Crippen LogP contribution in [-0.2, 0) is 0 Å². The molecular weight excluding hydrogens is 322 g/mol. The smallest absolute Gasteiger partial charge is 0.0779 e. The first-order valence-corrected chi connectivity index (χ1v) is 7.83. The molecule has 4 rings (SSSR count). The Balaban J connectivity index is 1.84. The molecule has 1 aliphatic carbocycles. The summed E-state index contributed by atoms with van der Waals surface area (Å²) in [6.07, 6.45) is 0. The zero-order chi connectivity index (χ0) is 14.2. The van der Waals surface area contributed by atoms with Crippen LogP contribution in [0.15, 0.2) is 77.3 Å². The van der Waals surface area contributed by atoms with E-state index < -0.39 is 0 Å². The predicted octanol–water partition coefficient (Wildman–Crippen LogP) is 5.63. The van der Waals surface area contributed by atoms with Gasteiger partial charge in [-0.2, -0.15) is 0 Å². The van der Waals surface area contributed by atoms with Crippen molar-refractivity contribution in [2.24, 2.45) is 0 Å². The predicted molar refractivity (Wildman–Crippen MR) is 91.5 cm³/mol. The van der Waals surface area contributed by atoms with Crippen molar-refractivity contribution in [2.75, 3.05) is 5.32 Å². The van der Waals surface area contributed by atoms with Crippen molar-refractivity contribution in [1.29, 1.82) is 0 Å². The minimum absolute atomic E-state index is 0.205. The van der Waals surface area contributed by atoms with Crippen LogP contribution in [0.2, 0.25) is 0 Å². The van der Waals surface area contributed by atoms with Gasteiger partial charge in [0.2, 0.25) is 0 Å². The van der Waals surface area contributed by atoms with E-state index in [4.69, 9.17) is 0 Å². The molecule has 0 aliphatic heterocycles. The Bertz CT molecular complexity index is 764. The molecule has 0 spiro atoms. The zero-order valence-corrected chi connectivity index (χ0v) is 13.0. The summed E-state index contributed by atoms with van der Waals surface area (Å²) in [4.78, 5) is 0. The Kier molecular flexibility index (Phi) is 3.04. The average Bonchev–Trinajstić information content (AvgIpc) is 2.85. The fourth-order valence-corrected chi connectivity index (χ4v) is 3.44. The van der Waals surface area contributed by atoms with E-state index in [1.807, 2.05) is 6.07 Å². The summed E-state index contributed by atoms with van der Waals surface area (Å²) < 4.78 is 1.09. The summed E-state index contributed by atoms with van der Waals surface area (Å²) in [5.41, 5.74) is 6.47. The van der Waals surface area contributed by atoms with Gasteiger partial charge in [-0.15, -0.1) is 0 Å². The topological polar surface area (TPSA) is 12.0 Å². The van der Waals surface area contributed by atoms with Gasteiger partial charge in [0.15, 0.2) is 0 Å². The highest BCUT2D eigenvalue weighted by Crippen LogP contribution is 2.45. The van der Waals surface area contributed by atoms with E-state index in [0.717, 1.165) is 10.2 Å². The lowest BCUT2D eigenvalue weighted by Crippen LogP contribution is -2.09. The van der Waals surface area contributed by atoms with Gasteiger partial charge in [0.1, 0.15) is 0 Å². The summed E-state index contributed by atoms with van der Waals surface area (Å²) in [5.74, 6) is 0. The largest absolute Gasteiger partial charge is 0.373 e. The van der Waals surface area contributed by atoms with Gasteiger partial charge in [-0.1, -0.05) is 60.7 Å². The number of anilines is 1. The molecule has 0 aromatic heterocycles. The number of nitrogens with one attached hydrogen (secondary N) is 1. The number of hydrogen-bond acceptors (Lipinski definition) is 1. The second kappa shape index (κ2) is 5.05. The lowest BCUT2D eigenvalue weighted by atomic mass is 10.1. The fourth-order valence-electron chi connectivity index (χ4n) is 3.04. The van der Waals surface area contributed by atoms with Gasteiger partial charge in [-0.25, -0.2) is 0 Å². The van der Waals surface area contributed by atoms with Gasteiger partial charge >= 0.3 is 0 Å². The third-order valence-electron chi connectivity index (χ3n) is 4.01. The van der Waals surface area contributed by atoms with Gasteiger partial charge in [-0.05, 0) is 50.3 Å². The summed E-state index contributed by atoms with van der Waals surface area (Å²) >= 11 is 3.62. The van der Waals surface area contributed by atoms with E-state index in [0.29, 0.717) is 0 Å². The molecular formula is C19H14BrN. The van der Waals surface area contributed by atoms with Crippen LogP contribution < -0.4 is 5.32 Å². The highest BCUT2D eigenvalue weighted by Gasteiger charge is 2.27. The fraction of sp³-hybridized carbons (Fsp3) is 0.0526. The van der Waals surface area contributed by atoms with Crippen LogP contribution in [0, 0.1) is 0 Å². The Labute approximate surface area is 132 Å². The number of hydrogen-bond donors (Lipinski definition) is 1. The number of fused-ring (bicyclic) bond motifs is 3. The highest BCUT2D eigenvalue weighted by atomic mass is 79.9. The molecule has 0 unspecified atom stereocenters. The van der Waals surface area contributed by atoms with Gasteiger partial charge < -0.3 is 5.32 Å². The molecule has 2 heteroatoms. The minimum atomic E-state index is 0.205. The molecule has 21 heavy (non-hydrogen) atoms. The third kappa shape index (κ3) is 2.07. The van der Waals surface area contributed by atoms with Gasteiger partial charge in [0.05, 0.1) is 6.04 Å². The number of rotatable bonds is 2. The second-order valence-corrected chi connectivity index (χ2v) is 6.09. The van der Waals surface area contributed by atoms with Crippen molar-refractivity contribution in [3.05, 3.63) is 88.4 Å². The summed E-state index contributed by atoms with van der Waals surface area (Å²) in [6.45, 7) is 0. The van der Waals surface area contributed by atoms with Crippen LogP contribution in [0.5, 0.6) is 0 Å². The van der Waals surface area contributed by atoms with Crippen molar-refractivity contribution >= 4 is 21.6 Å². The Morgan fingerprint density at radius 1 is 0.667 bits per heavy atom. The van der Waals surface area contributed by atoms with Gasteiger partial charge in [0, 0.05) is 10.2 Å². The molecule has 0 atom stereocenters. The van der Waals surface area contributed by atoms with Crippen LogP contribution in [0.3, 0.4) is 0 Å². The molecule has 1 nitrogen and oxygen atoms in total. The minimum Gasteiger partial charge on any atom is -0.373 e.